The van der Waals surface area contributed by atoms with Crippen molar-refractivity contribution in [3.8, 4) is 5.75 Å². The molecule has 1 aromatic carbocycles. The second-order valence-electron chi connectivity index (χ2n) is 6.03. The maximum Gasteiger partial charge on any atom is 0.242 e. The van der Waals surface area contributed by atoms with Crippen LogP contribution in [0.25, 0.3) is 0 Å². The number of nitrogens with one attached hydrogen (secondary N) is 2. The van der Waals surface area contributed by atoms with Crippen molar-refractivity contribution in [2.24, 2.45) is 0 Å². The third-order valence-electron chi connectivity index (χ3n) is 4.37. The molecule has 1 aliphatic heterocycles. The zero-order chi connectivity index (χ0) is 15.4. The summed E-state index contributed by atoms with van der Waals surface area (Å²) in [6.07, 6.45) is 5.09. The Morgan fingerprint density at radius 3 is 2.64 bits per heavy atom. The lowest BCUT2D eigenvalue weighted by Crippen LogP contribution is -2.52. The molecule has 1 heterocycles. The Bertz CT molecular complexity index is 532. The van der Waals surface area contributed by atoms with Crippen LogP contribution in [0.5, 0.6) is 5.75 Å². The van der Waals surface area contributed by atoms with E-state index >= 15 is 0 Å². The van der Waals surface area contributed by atoms with Crippen LogP contribution in [0.15, 0.2) is 30.3 Å². The summed E-state index contributed by atoms with van der Waals surface area (Å²) in [4.78, 5) is 23.5. The van der Waals surface area contributed by atoms with Gasteiger partial charge in [0, 0.05) is 6.42 Å². The molecule has 1 aromatic rings. The Kier molecular flexibility index (Phi) is 4.61. The highest BCUT2D eigenvalue weighted by Crippen LogP contribution is 2.24. The van der Waals surface area contributed by atoms with E-state index in [2.05, 4.69) is 10.6 Å². The monoisotopic (exact) mass is 302 g/mol. The molecule has 22 heavy (non-hydrogen) atoms. The third kappa shape index (κ3) is 3.59. The van der Waals surface area contributed by atoms with Crippen LogP contribution in [0.3, 0.4) is 0 Å². The summed E-state index contributed by atoms with van der Waals surface area (Å²) < 4.78 is 6.05. The fourth-order valence-electron chi connectivity index (χ4n) is 3.17. The molecule has 0 radical (unpaired) electrons. The largest absolute Gasteiger partial charge is 0.488 e. The lowest BCUT2D eigenvalue weighted by atomic mass is 9.92. The van der Waals surface area contributed by atoms with Gasteiger partial charge in [0.15, 0.2) is 0 Å². The van der Waals surface area contributed by atoms with Gasteiger partial charge in [-0.05, 0) is 37.8 Å². The fraction of sp³-hybridized carbons (Fsp3) is 0.529. The fourth-order valence-corrected chi connectivity index (χ4v) is 3.17. The molecule has 0 aromatic heterocycles. The van der Waals surface area contributed by atoms with Crippen molar-refractivity contribution < 1.29 is 14.3 Å². The molecule has 0 bridgehead atoms. The van der Waals surface area contributed by atoms with Crippen molar-refractivity contribution >= 4 is 11.8 Å². The van der Waals surface area contributed by atoms with E-state index in [4.69, 9.17) is 4.74 Å². The van der Waals surface area contributed by atoms with Crippen LogP contribution in [0.4, 0.5) is 0 Å². The van der Waals surface area contributed by atoms with E-state index in [0.717, 1.165) is 31.4 Å². The molecule has 2 amide bonds. The lowest BCUT2D eigenvalue weighted by Gasteiger charge is -2.33. The molecule has 5 heteroatoms. The summed E-state index contributed by atoms with van der Waals surface area (Å²) >= 11 is 0. The van der Waals surface area contributed by atoms with Gasteiger partial charge in [0.1, 0.15) is 17.9 Å². The standard InChI is InChI=1S/C17H22N2O3/c20-16-11-10-14(18-16)17(21)19-13-8-4-5-9-15(13)22-12-6-2-1-3-7-12/h1-3,6-7,13-15H,4-5,8-11H2,(H,18,20)(H,19,21)/t13?,14-,15?/m1/s1. The molecule has 1 saturated carbocycles. The third-order valence-corrected chi connectivity index (χ3v) is 4.37. The predicted octanol–water partition coefficient (Wildman–Crippen LogP) is 1.77. The van der Waals surface area contributed by atoms with Crippen molar-refractivity contribution in [2.75, 3.05) is 0 Å². The lowest BCUT2D eigenvalue weighted by molar-refractivity contribution is -0.127. The number of benzene rings is 1. The molecule has 2 unspecified atom stereocenters. The van der Waals surface area contributed by atoms with E-state index in [1.54, 1.807) is 0 Å². The smallest absolute Gasteiger partial charge is 0.242 e. The van der Waals surface area contributed by atoms with Gasteiger partial charge >= 0.3 is 0 Å². The van der Waals surface area contributed by atoms with Gasteiger partial charge in [0.2, 0.25) is 11.8 Å². The molecular weight excluding hydrogens is 280 g/mol. The van der Waals surface area contributed by atoms with Crippen molar-refractivity contribution in [1.82, 2.24) is 10.6 Å². The number of para-hydroxylation sites is 1. The highest BCUT2D eigenvalue weighted by Gasteiger charge is 2.32. The van der Waals surface area contributed by atoms with Crippen molar-refractivity contribution in [3.63, 3.8) is 0 Å². The molecule has 2 N–H and O–H groups in total. The van der Waals surface area contributed by atoms with Crippen LogP contribution in [-0.4, -0.2) is 30.0 Å². The normalized spacial score (nSPS) is 28.0. The quantitative estimate of drug-likeness (QED) is 0.891. The Morgan fingerprint density at radius 1 is 1.14 bits per heavy atom. The van der Waals surface area contributed by atoms with Gasteiger partial charge in [-0.2, -0.15) is 0 Å². The van der Waals surface area contributed by atoms with Crippen LogP contribution < -0.4 is 15.4 Å². The average molecular weight is 302 g/mol. The summed E-state index contributed by atoms with van der Waals surface area (Å²) in [5.41, 5.74) is 0. The summed E-state index contributed by atoms with van der Waals surface area (Å²) in [5, 5.41) is 5.79. The van der Waals surface area contributed by atoms with Gasteiger partial charge < -0.3 is 15.4 Å². The van der Waals surface area contributed by atoms with Gasteiger partial charge in [-0.1, -0.05) is 24.6 Å². The van der Waals surface area contributed by atoms with Crippen LogP contribution >= 0.6 is 0 Å². The molecule has 2 fully saturated rings. The first kappa shape index (κ1) is 14.9. The molecule has 118 valence electrons. The van der Waals surface area contributed by atoms with Gasteiger partial charge in [0.05, 0.1) is 6.04 Å². The van der Waals surface area contributed by atoms with E-state index in [9.17, 15) is 9.59 Å². The van der Waals surface area contributed by atoms with Crippen LogP contribution in [0.2, 0.25) is 0 Å². The number of amides is 2. The number of hydrogen-bond donors (Lipinski definition) is 2. The minimum atomic E-state index is -0.383. The topological polar surface area (TPSA) is 67.4 Å². The van der Waals surface area contributed by atoms with E-state index in [1.165, 1.54) is 0 Å². The first-order chi connectivity index (χ1) is 10.7. The number of rotatable bonds is 4. The number of ether oxygens (including phenoxy) is 1. The second-order valence-corrected chi connectivity index (χ2v) is 6.03. The van der Waals surface area contributed by atoms with Gasteiger partial charge in [0.25, 0.3) is 0 Å². The minimum Gasteiger partial charge on any atom is -0.488 e. The maximum atomic E-state index is 12.3. The summed E-state index contributed by atoms with van der Waals surface area (Å²) in [6, 6.07) is 9.34. The van der Waals surface area contributed by atoms with Crippen molar-refractivity contribution in [2.45, 2.75) is 56.7 Å². The molecule has 1 saturated heterocycles. The molecule has 0 spiro atoms. The number of carbonyl (C=O) groups excluding carboxylic acids is 2. The summed E-state index contributed by atoms with van der Waals surface area (Å²) in [7, 11) is 0. The zero-order valence-electron chi connectivity index (χ0n) is 12.6. The first-order valence-electron chi connectivity index (χ1n) is 8.04. The van der Waals surface area contributed by atoms with E-state index in [-0.39, 0.29) is 30.0 Å². The Morgan fingerprint density at radius 2 is 1.91 bits per heavy atom. The van der Waals surface area contributed by atoms with Gasteiger partial charge in [-0.25, -0.2) is 0 Å². The predicted molar refractivity (Wildman–Crippen MR) is 82.4 cm³/mol. The molecule has 5 nitrogen and oxygen atoms in total. The number of hydrogen-bond acceptors (Lipinski definition) is 3. The summed E-state index contributed by atoms with van der Waals surface area (Å²) in [6.45, 7) is 0. The average Bonchev–Trinajstić information content (AvgIpc) is 2.97. The van der Waals surface area contributed by atoms with Gasteiger partial charge in [-0.15, -0.1) is 0 Å². The van der Waals surface area contributed by atoms with E-state index < -0.39 is 0 Å². The Hall–Kier alpha value is -2.04. The zero-order valence-corrected chi connectivity index (χ0v) is 12.6. The molecule has 3 rings (SSSR count). The summed E-state index contributed by atoms with van der Waals surface area (Å²) in [5.74, 6) is 0.711. The van der Waals surface area contributed by atoms with Gasteiger partial charge in [-0.3, -0.25) is 9.59 Å². The Balaban J connectivity index is 1.60. The molecular formula is C17H22N2O3. The SMILES string of the molecule is O=C1CC[C@H](C(=O)NC2CCCCC2Oc2ccccc2)N1. The molecule has 3 atom stereocenters. The van der Waals surface area contributed by atoms with E-state index in [0.29, 0.717) is 12.8 Å². The van der Waals surface area contributed by atoms with Crippen LogP contribution in [0.1, 0.15) is 38.5 Å². The number of carbonyl (C=O) groups is 2. The first-order valence-corrected chi connectivity index (χ1v) is 8.04. The van der Waals surface area contributed by atoms with Crippen LogP contribution in [0, 0.1) is 0 Å². The minimum absolute atomic E-state index is 0.00259. The van der Waals surface area contributed by atoms with Crippen LogP contribution in [-0.2, 0) is 9.59 Å². The maximum absolute atomic E-state index is 12.3. The second kappa shape index (κ2) is 6.81. The van der Waals surface area contributed by atoms with E-state index in [1.807, 2.05) is 30.3 Å². The highest BCUT2D eigenvalue weighted by atomic mass is 16.5. The van der Waals surface area contributed by atoms with Crippen molar-refractivity contribution in [3.05, 3.63) is 30.3 Å². The van der Waals surface area contributed by atoms with Crippen molar-refractivity contribution in [1.29, 1.82) is 0 Å². The molecule has 2 aliphatic rings. The molecule has 1 aliphatic carbocycles. The Labute approximate surface area is 130 Å². The highest BCUT2D eigenvalue weighted by molar-refractivity contribution is 5.90.